The molecule has 0 bridgehead atoms. The first-order valence-electron chi connectivity index (χ1n) is 10.3. The molecule has 3 nitrogen and oxygen atoms in total. The van der Waals surface area contributed by atoms with Crippen LogP contribution in [0.3, 0.4) is 0 Å². The van der Waals surface area contributed by atoms with Gasteiger partial charge in [0.2, 0.25) is 0 Å². The molecule has 5 atom stereocenters. The van der Waals surface area contributed by atoms with Gasteiger partial charge in [-0.25, -0.2) is 0 Å². The third kappa shape index (κ3) is 3.62. The molecule has 0 aliphatic heterocycles. The number of rotatable bonds is 5. The molecule has 0 amide bonds. The third-order valence-corrected chi connectivity index (χ3v) is 7.30. The van der Waals surface area contributed by atoms with Crippen LogP contribution in [0.5, 0.6) is 11.5 Å². The largest absolute Gasteiger partial charge is 0.508 e. The summed E-state index contributed by atoms with van der Waals surface area (Å²) in [6.07, 6.45) is 3.85. The second-order valence-electron chi connectivity index (χ2n) is 8.65. The molecule has 2 N–H and O–H groups in total. The second-order valence-corrected chi connectivity index (χ2v) is 9.02. The lowest BCUT2D eigenvalue weighted by Crippen LogP contribution is -2.40. The van der Waals surface area contributed by atoms with Crippen molar-refractivity contribution in [2.45, 2.75) is 50.5 Å². The highest BCUT2D eigenvalue weighted by Gasteiger charge is 2.52. The van der Waals surface area contributed by atoms with E-state index in [9.17, 15) is 10.2 Å². The predicted molar refractivity (Wildman–Crippen MR) is 112 cm³/mol. The molecule has 2 fully saturated rings. The lowest BCUT2D eigenvalue weighted by atomic mass is 9.58. The Kier molecular flexibility index (Phi) is 5.57. The van der Waals surface area contributed by atoms with E-state index in [-0.39, 0.29) is 11.5 Å². The van der Waals surface area contributed by atoms with Crippen LogP contribution in [0.25, 0.3) is 0 Å². The van der Waals surface area contributed by atoms with Crippen molar-refractivity contribution in [2.75, 3.05) is 12.5 Å². The van der Waals surface area contributed by atoms with E-state index in [1.54, 1.807) is 12.1 Å². The lowest BCUT2D eigenvalue weighted by Gasteiger charge is -2.47. The number of hydrogen-bond acceptors (Lipinski definition) is 3. The summed E-state index contributed by atoms with van der Waals surface area (Å²) in [6, 6.07) is 16.0. The minimum absolute atomic E-state index is 0.0219. The molecule has 2 saturated carbocycles. The van der Waals surface area contributed by atoms with Gasteiger partial charge in [-0.15, -0.1) is 11.6 Å². The maximum Gasteiger partial charge on any atom is 0.119 e. The normalized spacial score (nSPS) is 32.1. The van der Waals surface area contributed by atoms with Gasteiger partial charge in [0, 0.05) is 0 Å². The first-order chi connectivity index (χ1) is 13.5. The Bertz CT molecular complexity index is 789. The van der Waals surface area contributed by atoms with Gasteiger partial charge in [0.25, 0.3) is 0 Å². The smallest absolute Gasteiger partial charge is 0.119 e. The van der Waals surface area contributed by atoms with E-state index in [1.807, 2.05) is 12.1 Å². The number of fused-ring (bicyclic) bond motifs is 1. The minimum atomic E-state index is -0.216. The average molecular weight is 401 g/mol. The quantitative estimate of drug-likeness (QED) is 0.656. The summed E-state index contributed by atoms with van der Waals surface area (Å²) in [6.45, 7) is 2.78. The molecule has 4 rings (SSSR count). The van der Waals surface area contributed by atoms with Crippen LogP contribution in [0, 0.1) is 11.3 Å². The van der Waals surface area contributed by atoms with Crippen molar-refractivity contribution in [3.05, 3.63) is 59.7 Å². The summed E-state index contributed by atoms with van der Waals surface area (Å²) in [5.74, 6) is 2.89. The molecule has 0 aromatic heterocycles. The maximum absolute atomic E-state index is 10.7. The molecule has 2 aliphatic carbocycles. The molecule has 28 heavy (non-hydrogen) atoms. The zero-order chi connectivity index (χ0) is 19.7. The number of benzene rings is 2. The summed E-state index contributed by atoms with van der Waals surface area (Å²) in [5.41, 5.74) is 2.54. The molecular formula is C24H29ClO3. The fourth-order valence-corrected chi connectivity index (χ4v) is 5.55. The molecule has 0 saturated heterocycles. The average Bonchev–Trinajstić information content (AvgIpc) is 3.00. The van der Waals surface area contributed by atoms with Crippen molar-refractivity contribution in [3.63, 3.8) is 0 Å². The molecule has 4 heteroatoms. The van der Waals surface area contributed by atoms with Crippen molar-refractivity contribution in [1.82, 2.24) is 0 Å². The fourth-order valence-electron chi connectivity index (χ4n) is 5.48. The Morgan fingerprint density at radius 3 is 2.32 bits per heavy atom. The van der Waals surface area contributed by atoms with Crippen molar-refractivity contribution < 1.29 is 14.9 Å². The van der Waals surface area contributed by atoms with Gasteiger partial charge in [0.1, 0.15) is 18.1 Å². The van der Waals surface area contributed by atoms with Gasteiger partial charge in [-0.1, -0.05) is 31.2 Å². The number of hydrogen-bond donors (Lipinski definition) is 2. The van der Waals surface area contributed by atoms with Crippen LogP contribution in [0.15, 0.2) is 48.5 Å². The molecule has 0 radical (unpaired) electrons. The zero-order valence-electron chi connectivity index (χ0n) is 16.4. The summed E-state index contributed by atoms with van der Waals surface area (Å²) in [5, 5.41) is 20.4. The topological polar surface area (TPSA) is 49.7 Å². The van der Waals surface area contributed by atoms with Crippen molar-refractivity contribution in [1.29, 1.82) is 0 Å². The summed E-state index contributed by atoms with van der Waals surface area (Å²) in [4.78, 5) is 0. The van der Waals surface area contributed by atoms with Crippen LogP contribution in [0.1, 0.15) is 55.6 Å². The summed E-state index contributed by atoms with van der Waals surface area (Å²) >= 11 is 5.72. The molecule has 2 aromatic carbocycles. The van der Waals surface area contributed by atoms with E-state index in [0.717, 1.165) is 31.4 Å². The second kappa shape index (κ2) is 7.96. The Balaban J connectivity index is 1.66. The fraction of sp³-hybridized carbons (Fsp3) is 0.500. The molecule has 0 spiro atoms. The number of aliphatic hydroxyl groups excluding tert-OH is 1. The van der Waals surface area contributed by atoms with E-state index in [4.69, 9.17) is 16.3 Å². The van der Waals surface area contributed by atoms with Gasteiger partial charge in [0.05, 0.1) is 12.0 Å². The van der Waals surface area contributed by atoms with Gasteiger partial charge >= 0.3 is 0 Å². The van der Waals surface area contributed by atoms with Gasteiger partial charge < -0.3 is 14.9 Å². The summed E-state index contributed by atoms with van der Waals surface area (Å²) in [7, 11) is 0. The first-order valence-corrected chi connectivity index (χ1v) is 10.8. The predicted octanol–water partition coefficient (Wildman–Crippen LogP) is 5.45. The lowest BCUT2D eigenvalue weighted by molar-refractivity contribution is 0.000545. The highest BCUT2D eigenvalue weighted by Crippen LogP contribution is 2.60. The van der Waals surface area contributed by atoms with Gasteiger partial charge in [-0.3, -0.25) is 0 Å². The van der Waals surface area contributed by atoms with E-state index in [1.165, 1.54) is 11.1 Å². The Hall–Kier alpha value is -1.71. The van der Waals surface area contributed by atoms with E-state index < -0.39 is 0 Å². The SMILES string of the molecule is C[C@]12C[C@H](c3ccc(OCCCl)cc3)[C@H](c3ccc(O)cc3)C[C@@H]1CC[C@@H]2O. The van der Waals surface area contributed by atoms with Crippen molar-refractivity contribution in [2.24, 2.45) is 11.3 Å². The van der Waals surface area contributed by atoms with Crippen LogP contribution in [-0.2, 0) is 0 Å². The van der Waals surface area contributed by atoms with Crippen LogP contribution >= 0.6 is 11.6 Å². The number of phenols is 1. The van der Waals surface area contributed by atoms with E-state index in [2.05, 4.69) is 31.2 Å². The highest BCUT2D eigenvalue weighted by molar-refractivity contribution is 6.18. The molecule has 0 heterocycles. The Morgan fingerprint density at radius 2 is 1.64 bits per heavy atom. The number of aromatic hydroxyl groups is 1. The number of alkyl halides is 1. The summed E-state index contributed by atoms with van der Waals surface area (Å²) < 4.78 is 5.63. The molecular weight excluding hydrogens is 372 g/mol. The zero-order valence-corrected chi connectivity index (χ0v) is 17.1. The van der Waals surface area contributed by atoms with Gasteiger partial charge in [-0.05, 0) is 84.2 Å². The monoisotopic (exact) mass is 400 g/mol. The standard InChI is InChI=1S/C24H29ClO3/c1-24-15-22(17-4-9-20(10-5-17)28-13-12-25)21(14-18(24)6-11-23(24)27)16-2-7-19(26)8-3-16/h2-5,7-10,18,21-23,26-27H,6,11-15H2,1H3/t18-,21-,22+,23-,24-/m0/s1. The number of ether oxygens (including phenoxy) is 1. The van der Waals surface area contributed by atoms with E-state index in [0.29, 0.717) is 36.0 Å². The third-order valence-electron chi connectivity index (χ3n) is 7.14. The minimum Gasteiger partial charge on any atom is -0.508 e. The number of aliphatic hydroxyl groups is 1. The van der Waals surface area contributed by atoms with Crippen molar-refractivity contribution in [3.8, 4) is 11.5 Å². The molecule has 2 aromatic rings. The Labute approximate surface area is 172 Å². The Morgan fingerprint density at radius 1 is 1.00 bits per heavy atom. The molecule has 150 valence electrons. The van der Waals surface area contributed by atoms with Crippen molar-refractivity contribution >= 4 is 11.6 Å². The van der Waals surface area contributed by atoms with Crippen LogP contribution < -0.4 is 4.74 Å². The van der Waals surface area contributed by atoms with Crippen LogP contribution in [0.4, 0.5) is 0 Å². The van der Waals surface area contributed by atoms with Crippen LogP contribution in [-0.4, -0.2) is 28.8 Å². The van der Waals surface area contributed by atoms with Crippen LogP contribution in [0.2, 0.25) is 0 Å². The molecule has 0 unspecified atom stereocenters. The van der Waals surface area contributed by atoms with Gasteiger partial charge in [-0.2, -0.15) is 0 Å². The molecule has 2 aliphatic rings. The maximum atomic E-state index is 10.7. The van der Waals surface area contributed by atoms with E-state index >= 15 is 0 Å². The highest BCUT2D eigenvalue weighted by atomic mass is 35.5. The first kappa shape index (κ1) is 19.6. The number of halogens is 1. The van der Waals surface area contributed by atoms with Gasteiger partial charge in [0.15, 0.2) is 0 Å². The number of phenolic OH excluding ortho intramolecular Hbond substituents is 1.